The van der Waals surface area contributed by atoms with E-state index in [4.69, 9.17) is 9.47 Å². The van der Waals surface area contributed by atoms with Crippen LogP contribution in [0.1, 0.15) is 6.92 Å². The SMILES string of the molecule is COc1ccc(NC(=O)[C@@H](C)OC(=O)CSc2ccc([N+](=O)[O-])cc2)cc1. The van der Waals surface area contributed by atoms with E-state index >= 15 is 0 Å². The lowest BCUT2D eigenvalue weighted by Crippen LogP contribution is -2.30. The second-order valence-electron chi connectivity index (χ2n) is 5.39. The third kappa shape index (κ3) is 6.30. The van der Waals surface area contributed by atoms with Crippen LogP contribution in [-0.4, -0.2) is 35.8 Å². The standard InChI is InChI=1S/C18H18N2O6S/c1-12(18(22)19-13-3-7-15(25-2)8-4-13)26-17(21)11-27-16-9-5-14(6-10-16)20(23)24/h3-10,12H,11H2,1-2H3,(H,19,22)/t12-/m1/s1. The summed E-state index contributed by atoms with van der Waals surface area (Å²) in [5.74, 6) is -0.363. The summed E-state index contributed by atoms with van der Waals surface area (Å²) >= 11 is 1.17. The van der Waals surface area contributed by atoms with Crippen LogP contribution < -0.4 is 10.1 Å². The molecule has 0 unspecified atom stereocenters. The Morgan fingerprint density at radius 1 is 1.15 bits per heavy atom. The molecule has 8 nitrogen and oxygen atoms in total. The van der Waals surface area contributed by atoms with Gasteiger partial charge >= 0.3 is 5.97 Å². The number of nitrogens with one attached hydrogen (secondary N) is 1. The molecule has 1 amide bonds. The minimum atomic E-state index is -0.961. The van der Waals surface area contributed by atoms with Crippen LogP contribution in [0.3, 0.4) is 0 Å². The van der Waals surface area contributed by atoms with Crippen LogP contribution in [0.15, 0.2) is 53.4 Å². The van der Waals surface area contributed by atoms with Gasteiger partial charge in [0, 0.05) is 22.7 Å². The highest BCUT2D eigenvalue weighted by atomic mass is 32.2. The number of benzene rings is 2. The molecule has 0 fully saturated rings. The van der Waals surface area contributed by atoms with Crippen molar-refractivity contribution >= 4 is 35.0 Å². The Labute approximate surface area is 160 Å². The van der Waals surface area contributed by atoms with Gasteiger partial charge < -0.3 is 14.8 Å². The summed E-state index contributed by atoms with van der Waals surface area (Å²) in [7, 11) is 1.55. The average molecular weight is 390 g/mol. The van der Waals surface area contributed by atoms with Gasteiger partial charge in [-0.2, -0.15) is 0 Å². The number of carbonyl (C=O) groups is 2. The van der Waals surface area contributed by atoms with Gasteiger partial charge in [-0.25, -0.2) is 0 Å². The highest BCUT2D eigenvalue weighted by molar-refractivity contribution is 8.00. The van der Waals surface area contributed by atoms with Crippen molar-refractivity contribution in [2.24, 2.45) is 0 Å². The number of anilines is 1. The molecule has 27 heavy (non-hydrogen) atoms. The zero-order valence-electron chi connectivity index (χ0n) is 14.7. The van der Waals surface area contributed by atoms with Crippen molar-refractivity contribution in [3.8, 4) is 5.75 Å². The van der Waals surface area contributed by atoms with E-state index in [2.05, 4.69) is 5.32 Å². The molecule has 0 saturated carbocycles. The molecule has 2 rings (SSSR count). The smallest absolute Gasteiger partial charge is 0.317 e. The first-order valence-electron chi connectivity index (χ1n) is 7.90. The van der Waals surface area contributed by atoms with Gasteiger partial charge in [0.05, 0.1) is 17.8 Å². The summed E-state index contributed by atoms with van der Waals surface area (Å²) in [6, 6.07) is 12.6. The highest BCUT2D eigenvalue weighted by Crippen LogP contribution is 2.21. The maximum atomic E-state index is 12.1. The van der Waals surface area contributed by atoms with Gasteiger partial charge in [0.2, 0.25) is 0 Å². The second-order valence-corrected chi connectivity index (χ2v) is 6.44. The Morgan fingerprint density at radius 3 is 2.33 bits per heavy atom. The fourth-order valence-corrected chi connectivity index (χ4v) is 2.69. The second kappa shape index (κ2) is 9.58. The van der Waals surface area contributed by atoms with E-state index in [0.717, 1.165) is 0 Å². The van der Waals surface area contributed by atoms with E-state index in [1.165, 1.54) is 30.8 Å². The normalized spacial score (nSPS) is 11.3. The number of methoxy groups -OCH3 is 1. The van der Waals surface area contributed by atoms with Crippen molar-refractivity contribution in [3.63, 3.8) is 0 Å². The first-order valence-corrected chi connectivity index (χ1v) is 8.89. The lowest BCUT2D eigenvalue weighted by atomic mass is 10.3. The van der Waals surface area contributed by atoms with Gasteiger partial charge in [-0.1, -0.05) is 0 Å². The molecular formula is C18H18N2O6S. The molecule has 0 aromatic heterocycles. The maximum absolute atomic E-state index is 12.1. The number of nitro groups is 1. The van der Waals surface area contributed by atoms with E-state index in [1.807, 2.05) is 0 Å². The topological polar surface area (TPSA) is 108 Å². The Bertz CT molecular complexity index is 808. The fourth-order valence-electron chi connectivity index (χ4n) is 2.01. The molecule has 0 bridgehead atoms. The van der Waals surface area contributed by atoms with Crippen LogP contribution in [-0.2, 0) is 14.3 Å². The zero-order chi connectivity index (χ0) is 19.8. The number of rotatable bonds is 8. The van der Waals surface area contributed by atoms with E-state index in [-0.39, 0.29) is 11.4 Å². The van der Waals surface area contributed by atoms with E-state index in [9.17, 15) is 19.7 Å². The molecule has 2 aromatic carbocycles. The number of thioether (sulfide) groups is 1. The van der Waals surface area contributed by atoms with E-state index < -0.39 is 22.9 Å². The van der Waals surface area contributed by atoms with Crippen molar-refractivity contribution < 1.29 is 24.0 Å². The molecule has 1 N–H and O–H groups in total. The molecule has 142 valence electrons. The summed E-state index contributed by atoms with van der Waals surface area (Å²) in [5, 5.41) is 13.3. The number of esters is 1. The van der Waals surface area contributed by atoms with Crippen molar-refractivity contribution in [1.82, 2.24) is 0 Å². The number of hydrogen-bond acceptors (Lipinski definition) is 7. The first kappa shape index (κ1) is 20.2. The molecule has 1 atom stereocenters. The Morgan fingerprint density at radius 2 is 1.78 bits per heavy atom. The van der Waals surface area contributed by atoms with Crippen LogP contribution >= 0.6 is 11.8 Å². The molecule has 0 spiro atoms. The Balaban J connectivity index is 1.79. The summed E-state index contributed by atoms with van der Waals surface area (Å²) in [6.07, 6.45) is -0.961. The van der Waals surface area contributed by atoms with Gasteiger partial charge in [0.15, 0.2) is 6.10 Å². The molecule has 0 heterocycles. The molecule has 0 radical (unpaired) electrons. The Kier molecular flexibility index (Phi) is 7.18. The summed E-state index contributed by atoms with van der Waals surface area (Å²) < 4.78 is 10.1. The largest absolute Gasteiger partial charge is 0.497 e. The van der Waals surface area contributed by atoms with Crippen LogP contribution in [0.25, 0.3) is 0 Å². The lowest BCUT2D eigenvalue weighted by Gasteiger charge is -2.13. The van der Waals surface area contributed by atoms with E-state index in [1.54, 1.807) is 43.5 Å². The van der Waals surface area contributed by atoms with Gasteiger partial charge in [0.1, 0.15) is 5.75 Å². The molecule has 0 aliphatic carbocycles. The molecule has 0 saturated heterocycles. The van der Waals surface area contributed by atoms with Crippen molar-refractivity contribution in [2.75, 3.05) is 18.2 Å². The maximum Gasteiger partial charge on any atom is 0.317 e. The minimum Gasteiger partial charge on any atom is -0.497 e. The number of nitrogens with zero attached hydrogens (tertiary/aromatic N) is 1. The molecular weight excluding hydrogens is 372 g/mol. The first-order chi connectivity index (χ1) is 12.9. The highest BCUT2D eigenvalue weighted by Gasteiger charge is 2.18. The van der Waals surface area contributed by atoms with Crippen LogP contribution in [0.5, 0.6) is 5.75 Å². The van der Waals surface area contributed by atoms with Gasteiger partial charge in [-0.15, -0.1) is 11.8 Å². The molecule has 0 aliphatic heterocycles. The van der Waals surface area contributed by atoms with Crippen molar-refractivity contribution in [1.29, 1.82) is 0 Å². The van der Waals surface area contributed by atoms with Crippen LogP contribution in [0.4, 0.5) is 11.4 Å². The van der Waals surface area contributed by atoms with Crippen molar-refractivity contribution in [2.45, 2.75) is 17.9 Å². The average Bonchev–Trinajstić information content (AvgIpc) is 2.67. The third-order valence-electron chi connectivity index (χ3n) is 3.44. The fraction of sp³-hybridized carbons (Fsp3) is 0.222. The summed E-state index contributed by atoms with van der Waals surface area (Å²) in [4.78, 5) is 34.8. The number of hydrogen-bond donors (Lipinski definition) is 1. The number of ether oxygens (including phenoxy) is 2. The molecule has 0 aliphatic rings. The lowest BCUT2D eigenvalue weighted by molar-refractivity contribution is -0.384. The third-order valence-corrected chi connectivity index (χ3v) is 4.42. The van der Waals surface area contributed by atoms with Gasteiger partial charge in [0.25, 0.3) is 11.6 Å². The molecule has 9 heteroatoms. The number of non-ortho nitro benzene ring substituents is 1. The van der Waals surface area contributed by atoms with Crippen LogP contribution in [0, 0.1) is 10.1 Å². The van der Waals surface area contributed by atoms with Crippen molar-refractivity contribution in [3.05, 3.63) is 58.6 Å². The number of carbonyl (C=O) groups excluding carboxylic acids is 2. The zero-order valence-corrected chi connectivity index (χ0v) is 15.5. The molecule has 2 aromatic rings. The summed E-state index contributed by atoms with van der Waals surface area (Å²) in [6.45, 7) is 1.48. The monoisotopic (exact) mass is 390 g/mol. The number of amides is 1. The summed E-state index contributed by atoms with van der Waals surface area (Å²) in [5.41, 5.74) is 0.537. The predicted molar refractivity (Wildman–Crippen MR) is 101 cm³/mol. The van der Waals surface area contributed by atoms with Crippen LogP contribution in [0.2, 0.25) is 0 Å². The minimum absolute atomic E-state index is 0.0159. The van der Waals surface area contributed by atoms with E-state index in [0.29, 0.717) is 16.3 Å². The van der Waals surface area contributed by atoms with Gasteiger partial charge in [-0.05, 0) is 43.3 Å². The van der Waals surface area contributed by atoms with Gasteiger partial charge in [-0.3, -0.25) is 19.7 Å². The number of nitro benzene ring substituents is 1. The quantitative estimate of drug-likeness (QED) is 0.319. The predicted octanol–water partition coefficient (Wildman–Crippen LogP) is 3.27. The Hall–Kier alpha value is -3.07.